The molecular formula is C19H19N5O2. The Morgan fingerprint density at radius 2 is 1.96 bits per heavy atom. The van der Waals surface area contributed by atoms with Crippen molar-refractivity contribution in [1.82, 2.24) is 19.3 Å². The Bertz CT molecular complexity index is 1030. The molecule has 3 aromatic rings. The number of hydrogen-bond acceptors (Lipinski definition) is 4. The molecule has 2 amide bonds. The molecule has 0 spiro atoms. The Morgan fingerprint density at radius 3 is 2.62 bits per heavy atom. The van der Waals surface area contributed by atoms with Gasteiger partial charge < -0.3 is 10.6 Å². The second-order valence-electron chi connectivity index (χ2n) is 6.12. The fourth-order valence-corrected chi connectivity index (χ4v) is 2.62. The Labute approximate surface area is 150 Å². The zero-order chi connectivity index (χ0) is 18.8. The fourth-order valence-electron chi connectivity index (χ4n) is 2.62. The highest BCUT2D eigenvalue weighted by Crippen LogP contribution is 2.21. The molecule has 2 N–H and O–H groups in total. The number of pyridine rings is 2. The minimum Gasteiger partial charge on any atom is -0.364 e. The number of carbonyl (C=O) groups is 2. The highest BCUT2D eigenvalue weighted by molar-refractivity contribution is 6.23. The van der Waals surface area contributed by atoms with E-state index in [0.29, 0.717) is 22.5 Å². The van der Waals surface area contributed by atoms with Crippen LogP contribution < -0.4 is 5.73 Å². The van der Waals surface area contributed by atoms with E-state index in [9.17, 15) is 9.59 Å². The molecule has 3 heterocycles. The van der Waals surface area contributed by atoms with E-state index in [4.69, 9.17) is 5.73 Å². The van der Waals surface area contributed by atoms with Crippen LogP contribution in [-0.4, -0.2) is 45.2 Å². The standard InChI is InChI=1S/C19H19N5O2/c1-12-5-4-6-14(22-12)9-15(19(26)23(2)3)13-7-8-17-21-10-16(18(20)25)24(17)11-13/h4-11H,1-3H3,(H2,20,25)/b15-9+. The number of likely N-dealkylation sites (N-methyl/N-ethyl adjacent to an activating group) is 1. The first kappa shape index (κ1) is 17.3. The van der Waals surface area contributed by atoms with Gasteiger partial charge in [0.25, 0.3) is 11.8 Å². The van der Waals surface area contributed by atoms with Gasteiger partial charge in [-0.15, -0.1) is 0 Å². The highest BCUT2D eigenvalue weighted by Gasteiger charge is 2.17. The second kappa shape index (κ2) is 6.79. The number of primary amides is 1. The van der Waals surface area contributed by atoms with E-state index in [2.05, 4.69) is 9.97 Å². The molecule has 0 aliphatic rings. The summed E-state index contributed by atoms with van der Waals surface area (Å²) in [4.78, 5) is 34.4. The molecule has 0 aliphatic carbocycles. The van der Waals surface area contributed by atoms with Gasteiger partial charge in [0.05, 0.1) is 17.5 Å². The van der Waals surface area contributed by atoms with Crippen LogP contribution in [0, 0.1) is 6.92 Å². The van der Waals surface area contributed by atoms with Crippen LogP contribution in [0.5, 0.6) is 0 Å². The molecule has 0 radical (unpaired) electrons. The average molecular weight is 349 g/mol. The Kier molecular flexibility index (Phi) is 4.53. The van der Waals surface area contributed by atoms with Gasteiger partial charge in [-0.2, -0.15) is 0 Å². The first-order valence-corrected chi connectivity index (χ1v) is 8.01. The monoisotopic (exact) mass is 349 g/mol. The number of amides is 2. The van der Waals surface area contributed by atoms with Crippen molar-refractivity contribution in [2.75, 3.05) is 14.1 Å². The predicted molar refractivity (Wildman–Crippen MR) is 99.2 cm³/mol. The lowest BCUT2D eigenvalue weighted by atomic mass is 10.0. The number of hydrogen-bond donors (Lipinski definition) is 1. The van der Waals surface area contributed by atoms with Crippen molar-refractivity contribution in [3.05, 3.63) is 65.4 Å². The third kappa shape index (κ3) is 3.32. The van der Waals surface area contributed by atoms with Gasteiger partial charge in [0, 0.05) is 31.5 Å². The largest absolute Gasteiger partial charge is 0.364 e. The smallest absolute Gasteiger partial charge is 0.267 e. The first-order chi connectivity index (χ1) is 12.4. The third-order valence-electron chi connectivity index (χ3n) is 3.91. The minimum absolute atomic E-state index is 0.173. The maximum Gasteiger partial charge on any atom is 0.267 e. The van der Waals surface area contributed by atoms with Crippen LogP contribution in [0.4, 0.5) is 0 Å². The third-order valence-corrected chi connectivity index (χ3v) is 3.91. The van der Waals surface area contributed by atoms with Crippen molar-refractivity contribution >= 4 is 29.1 Å². The van der Waals surface area contributed by atoms with Crippen molar-refractivity contribution < 1.29 is 9.59 Å². The van der Waals surface area contributed by atoms with Crippen molar-refractivity contribution in [2.24, 2.45) is 5.73 Å². The summed E-state index contributed by atoms with van der Waals surface area (Å²) in [6.45, 7) is 1.89. The molecule has 7 nitrogen and oxygen atoms in total. The molecule has 3 rings (SSSR count). The summed E-state index contributed by atoms with van der Waals surface area (Å²) in [7, 11) is 3.37. The summed E-state index contributed by atoms with van der Waals surface area (Å²) in [5.41, 5.74) is 8.86. The van der Waals surface area contributed by atoms with Gasteiger partial charge in [-0.25, -0.2) is 4.98 Å². The van der Waals surface area contributed by atoms with Gasteiger partial charge >= 0.3 is 0 Å². The Morgan fingerprint density at radius 1 is 1.19 bits per heavy atom. The van der Waals surface area contributed by atoms with E-state index >= 15 is 0 Å². The zero-order valence-corrected chi connectivity index (χ0v) is 14.8. The lowest BCUT2D eigenvalue weighted by molar-refractivity contribution is -0.122. The average Bonchev–Trinajstić information content (AvgIpc) is 3.02. The summed E-state index contributed by atoms with van der Waals surface area (Å²) in [5, 5.41) is 0. The lowest BCUT2D eigenvalue weighted by Crippen LogP contribution is -2.23. The number of aryl methyl sites for hydroxylation is 1. The Balaban J connectivity index is 2.18. The number of imidazole rings is 1. The van der Waals surface area contributed by atoms with Crippen LogP contribution in [0.2, 0.25) is 0 Å². The SMILES string of the molecule is Cc1cccc(/C=C(/C(=O)N(C)C)c2ccc3ncc(C(N)=O)n3c2)n1. The maximum absolute atomic E-state index is 12.7. The number of carbonyl (C=O) groups excluding carboxylic acids is 2. The van der Waals surface area contributed by atoms with Gasteiger partial charge in [-0.1, -0.05) is 6.07 Å². The van der Waals surface area contributed by atoms with Crippen molar-refractivity contribution in [3.8, 4) is 0 Å². The zero-order valence-electron chi connectivity index (χ0n) is 14.8. The molecule has 0 atom stereocenters. The van der Waals surface area contributed by atoms with E-state index in [1.165, 1.54) is 11.1 Å². The molecule has 0 bridgehead atoms. The molecule has 0 saturated heterocycles. The molecule has 0 saturated carbocycles. The van der Waals surface area contributed by atoms with Crippen LogP contribution in [0.1, 0.15) is 27.4 Å². The number of fused-ring (bicyclic) bond motifs is 1. The van der Waals surface area contributed by atoms with Gasteiger partial charge in [0.2, 0.25) is 0 Å². The molecule has 3 aromatic heterocycles. The summed E-state index contributed by atoms with van der Waals surface area (Å²) in [6, 6.07) is 9.14. The maximum atomic E-state index is 12.7. The highest BCUT2D eigenvalue weighted by atomic mass is 16.2. The van der Waals surface area contributed by atoms with E-state index in [0.717, 1.165) is 5.69 Å². The number of rotatable bonds is 4. The van der Waals surface area contributed by atoms with Gasteiger partial charge in [-0.3, -0.25) is 19.0 Å². The Hall–Kier alpha value is -3.48. The van der Waals surface area contributed by atoms with Crippen LogP contribution in [0.3, 0.4) is 0 Å². The molecule has 132 valence electrons. The van der Waals surface area contributed by atoms with Crippen molar-refractivity contribution in [1.29, 1.82) is 0 Å². The molecule has 26 heavy (non-hydrogen) atoms. The number of nitrogens with zero attached hydrogens (tertiary/aromatic N) is 4. The summed E-state index contributed by atoms with van der Waals surface area (Å²) in [5.74, 6) is -0.757. The van der Waals surface area contributed by atoms with Gasteiger partial charge in [0.15, 0.2) is 0 Å². The molecule has 0 aromatic carbocycles. The van der Waals surface area contributed by atoms with Crippen molar-refractivity contribution in [3.63, 3.8) is 0 Å². The quantitative estimate of drug-likeness (QED) is 0.726. The van der Waals surface area contributed by atoms with Gasteiger partial charge in [-0.05, 0) is 37.3 Å². The van der Waals surface area contributed by atoms with E-state index in [-0.39, 0.29) is 11.6 Å². The first-order valence-electron chi connectivity index (χ1n) is 8.01. The van der Waals surface area contributed by atoms with E-state index in [1.54, 1.807) is 42.9 Å². The van der Waals surface area contributed by atoms with Crippen LogP contribution in [0.15, 0.2) is 42.7 Å². The molecule has 0 fully saturated rings. The fraction of sp³-hybridized carbons (Fsp3) is 0.158. The normalized spacial score (nSPS) is 11.6. The number of aromatic nitrogens is 3. The van der Waals surface area contributed by atoms with Gasteiger partial charge in [0.1, 0.15) is 11.3 Å². The molecule has 0 aliphatic heterocycles. The van der Waals surface area contributed by atoms with E-state index in [1.807, 2.05) is 25.1 Å². The number of nitrogens with two attached hydrogens (primary N) is 1. The topological polar surface area (TPSA) is 93.6 Å². The summed E-state index contributed by atoms with van der Waals surface area (Å²) < 4.78 is 1.58. The predicted octanol–water partition coefficient (Wildman–Crippen LogP) is 1.77. The van der Waals surface area contributed by atoms with Crippen LogP contribution in [-0.2, 0) is 4.79 Å². The van der Waals surface area contributed by atoms with Crippen LogP contribution >= 0.6 is 0 Å². The van der Waals surface area contributed by atoms with E-state index < -0.39 is 5.91 Å². The van der Waals surface area contributed by atoms with Crippen LogP contribution in [0.25, 0.3) is 17.3 Å². The lowest BCUT2D eigenvalue weighted by Gasteiger charge is -2.14. The molecule has 7 heteroatoms. The molecule has 0 unspecified atom stereocenters. The minimum atomic E-state index is -0.584. The second-order valence-corrected chi connectivity index (χ2v) is 6.12. The molecular weight excluding hydrogens is 330 g/mol. The summed E-state index contributed by atoms with van der Waals surface area (Å²) in [6.07, 6.45) is 4.84. The summed E-state index contributed by atoms with van der Waals surface area (Å²) >= 11 is 0. The van der Waals surface area contributed by atoms with Crippen molar-refractivity contribution in [2.45, 2.75) is 6.92 Å².